The van der Waals surface area contributed by atoms with Crippen LogP contribution < -0.4 is 15.8 Å². The minimum Gasteiger partial charge on any atom is -0.494 e. The summed E-state index contributed by atoms with van der Waals surface area (Å²) in [6.45, 7) is 4.03. The molecule has 1 unspecified atom stereocenters. The average molecular weight is 266 g/mol. The lowest BCUT2D eigenvalue weighted by Gasteiger charge is -2.22. The highest BCUT2D eigenvalue weighted by molar-refractivity contribution is 5.98. The average Bonchev–Trinajstić information content (AvgIpc) is 2.37. The molecule has 0 heterocycles. The van der Waals surface area contributed by atoms with Gasteiger partial charge in [0.25, 0.3) is 5.91 Å². The smallest absolute Gasteiger partial charge is 0.255 e. The van der Waals surface area contributed by atoms with E-state index in [0.29, 0.717) is 23.4 Å². The molecule has 0 aliphatic carbocycles. The molecule has 0 aromatic heterocycles. The Hall–Kier alpha value is -1.75. The first-order chi connectivity index (χ1) is 9.01. The summed E-state index contributed by atoms with van der Waals surface area (Å²) < 4.78 is 5.16. The van der Waals surface area contributed by atoms with E-state index in [4.69, 9.17) is 15.6 Å². The van der Waals surface area contributed by atoms with Crippen LogP contribution in [-0.2, 0) is 0 Å². The zero-order chi connectivity index (χ0) is 14.4. The quantitative estimate of drug-likeness (QED) is 0.680. The number of methoxy groups -OCH3 is 1. The maximum absolute atomic E-state index is 12.2. The predicted molar refractivity (Wildman–Crippen MR) is 75.2 cm³/mol. The van der Waals surface area contributed by atoms with E-state index in [2.05, 4.69) is 5.32 Å². The normalized spacial score (nSPS) is 12.3. The molecule has 1 aromatic rings. The zero-order valence-electron chi connectivity index (χ0n) is 11.6. The van der Waals surface area contributed by atoms with E-state index >= 15 is 0 Å². The van der Waals surface area contributed by atoms with Crippen LogP contribution in [0.15, 0.2) is 18.2 Å². The Balaban J connectivity index is 2.91. The predicted octanol–water partition coefficient (Wildman–Crippen LogP) is 1.41. The molecule has 106 valence electrons. The van der Waals surface area contributed by atoms with Crippen molar-refractivity contribution < 1.29 is 14.6 Å². The van der Waals surface area contributed by atoms with Crippen molar-refractivity contribution in [2.24, 2.45) is 5.92 Å². The molecule has 0 saturated heterocycles. The van der Waals surface area contributed by atoms with Gasteiger partial charge in [-0.25, -0.2) is 0 Å². The lowest BCUT2D eigenvalue weighted by Crippen LogP contribution is -2.39. The molecule has 1 aromatic carbocycles. The summed E-state index contributed by atoms with van der Waals surface area (Å²) in [5.41, 5.74) is 6.61. The summed E-state index contributed by atoms with van der Waals surface area (Å²) in [5, 5.41) is 11.9. The van der Waals surface area contributed by atoms with Crippen LogP contribution in [0.2, 0.25) is 0 Å². The Labute approximate surface area is 113 Å². The highest BCUT2D eigenvalue weighted by atomic mass is 16.5. The first-order valence-corrected chi connectivity index (χ1v) is 6.35. The van der Waals surface area contributed by atoms with E-state index in [1.807, 2.05) is 13.8 Å². The highest BCUT2D eigenvalue weighted by Crippen LogP contribution is 2.26. The Morgan fingerprint density at radius 1 is 1.47 bits per heavy atom. The summed E-state index contributed by atoms with van der Waals surface area (Å²) in [6.07, 6.45) is 0.522. The minimum absolute atomic E-state index is 0.0389. The van der Waals surface area contributed by atoms with Crippen LogP contribution in [0.1, 0.15) is 30.6 Å². The van der Waals surface area contributed by atoms with Crippen LogP contribution in [0, 0.1) is 5.92 Å². The van der Waals surface area contributed by atoms with Gasteiger partial charge in [-0.05, 0) is 24.5 Å². The number of carbonyl (C=O) groups excluding carboxylic acids is 1. The number of anilines is 1. The topological polar surface area (TPSA) is 84.6 Å². The second kappa shape index (κ2) is 6.99. The fraction of sp³-hybridized carbons (Fsp3) is 0.500. The number of ether oxygens (including phenoxy) is 1. The van der Waals surface area contributed by atoms with Crippen LogP contribution in [0.5, 0.6) is 5.75 Å². The number of aliphatic hydroxyl groups excluding tert-OH is 1. The number of hydrogen-bond donors (Lipinski definition) is 3. The first kappa shape index (κ1) is 15.3. The maximum Gasteiger partial charge on any atom is 0.255 e. The Bertz CT molecular complexity index is 433. The van der Waals surface area contributed by atoms with Gasteiger partial charge < -0.3 is 20.9 Å². The number of aliphatic hydroxyl groups is 1. The molecule has 5 nitrogen and oxygen atoms in total. The third-order valence-corrected chi connectivity index (χ3v) is 3.06. The van der Waals surface area contributed by atoms with Crippen molar-refractivity contribution in [3.05, 3.63) is 23.8 Å². The monoisotopic (exact) mass is 266 g/mol. The van der Waals surface area contributed by atoms with Gasteiger partial charge in [0.2, 0.25) is 0 Å². The molecule has 0 radical (unpaired) electrons. The van der Waals surface area contributed by atoms with Crippen molar-refractivity contribution in [1.82, 2.24) is 5.32 Å². The summed E-state index contributed by atoms with van der Waals surface area (Å²) in [7, 11) is 1.48. The molecule has 19 heavy (non-hydrogen) atoms. The van der Waals surface area contributed by atoms with Crippen molar-refractivity contribution in [3.63, 3.8) is 0 Å². The molecule has 1 atom stereocenters. The first-order valence-electron chi connectivity index (χ1n) is 6.35. The summed E-state index contributed by atoms with van der Waals surface area (Å²) in [6, 6.07) is 4.98. The molecule has 1 amide bonds. The van der Waals surface area contributed by atoms with Crippen molar-refractivity contribution >= 4 is 11.6 Å². The maximum atomic E-state index is 12.2. The molecule has 0 spiro atoms. The van der Waals surface area contributed by atoms with Gasteiger partial charge in [-0.1, -0.05) is 19.9 Å². The number of nitrogens with one attached hydrogen (secondary N) is 1. The summed E-state index contributed by atoms with van der Waals surface area (Å²) in [4.78, 5) is 12.2. The van der Waals surface area contributed by atoms with Gasteiger partial charge >= 0.3 is 0 Å². The van der Waals surface area contributed by atoms with Crippen LogP contribution in [0.25, 0.3) is 0 Å². The van der Waals surface area contributed by atoms with Crippen molar-refractivity contribution in [2.75, 3.05) is 19.5 Å². The van der Waals surface area contributed by atoms with E-state index in [-0.39, 0.29) is 24.5 Å². The summed E-state index contributed by atoms with van der Waals surface area (Å²) >= 11 is 0. The van der Waals surface area contributed by atoms with E-state index in [0.717, 1.165) is 0 Å². The Morgan fingerprint density at radius 3 is 2.68 bits per heavy atom. The second-order valence-electron chi connectivity index (χ2n) is 4.76. The number of nitrogen functional groups attached to an aromatic ring is 1. The fourth-order valence-electron chi connectivity index (χ4n) is 1.92. The van der Waals surface area contributed by atoms with Crippen LogP contribution >= 0.6 is 0 Å². The van der Waals surface area contributed by atoms with E-state index in [1.54, 1.807) is 18.2 Å². The van der Waals surface area contributed by atoms with Gasteiger partial charge in [-0.3, -0.25) is 4.79 Å². The number of hydrogen-bond acceptors (Lipinski definition) is 4. The number of carbonyl (C=O) groups is 1. The molecular weight excluding hydrogens is 244 g/mol. The SMILES string of the molecule is COc1c(N)cccc1C(=O)NC(CCO)C(C)C. The van der Waals surface area contributed by atoms with Crippen LogP contribution in [0.3, 0.4) is 0 Å². The third-order valence-electron chi connectivity index (χ3n) is 3.06. The third kappa shape index (κ3) is 3.86. The fourth-order valence-corrected chi connectivity index (χ4v) is 1.92. The lowest BCUT2D eigenvalue weighted by molar-refractivity contribution is 0.0913. The molecule has 5 heteroatoms. The number of nitrogens with two attached hydrogens (primary N) is 1. The van der Waals surface area contributed by atoms with Gasteiger partial charge in [0.15, 0.2) is 5.75 Å². The largest absolute Gasteiger partial charge is 0.494 e. The molecule has 0 aliphatic rings. The van der Waals surface area contributed by atoms with Gasteiger partial charge in [0.1, 0.15) is 0 Å². The van der Waals surface area contributed by atoms with Gasteiger partial charge in [0.05, 0.1) is 18.4 Å². The molecule has 0 bridgehead atoms. The van der Waals surface area contributed by atoms with Crippen molar-refractivity contribution in [3.8, 4) is 5.75 Å². The molecule has 0 aliphatic heterocycles. The highest BCUT2D eigenvalue weighted by Gasteiger charge is 2.20. The second-order valence-corrected chi connectivity index (χ2v) is 4.76. The Morgan fingerprint density at radius 2 is 2.16 bits per heavy atom. The van der Waals surface area contributed by atoms with E-state index in [9.17, 15) is 4.79 Å². The van der Waals surface area contributed by atoms with Gasteiger partial charge in [0, 0.05) is 12.6 Å². The van der Waals surface area contributed by atoms with Crippen molar-refractivity contribution in [1.29, 1.82) is 0 Å². The van der Waals surface area contributed by atoms with Crippen LogP contribution in [-0.4, -0.2) is 30.8 Å². The number of para-hydroxylation sites is 1. The van der Waals surface area contributed by atoms with Crippen LogP contribution in [0.4, 0.5) is 5.69 Å². The molecule has 0 fully saturated rings. The standard InChI is InChI=1S/C14H22N2O3/c1-9(2)12(7-8-17)16-14(18)10-5-4-6-11(15)13(10)19-3/h4-6,9,12,17H,7-8,15H2,1-3H3,(H,16,18). The molecule has 4 N–H and O–H groups in total. The number of benzene rings is 1. The zero-order valence-corrected chi connectivity index (χ0v) is 11.6. The van der Waals surface area contributed by atoms with Gasteiger partial charge in [-0.2, -0.15) is 0 Å². The summed E-state index contributed by atoms with van der Waals surface area (Å²) in [5.74, 6) is 0.381. The Kier molecular flexibility index (Phi) is 5.63. The minimum atomic E-state index is -0.240. The van der Waals surface area contributed by atoms with Gasteiger partial charge in [-0.15, -0.1) is 0 Å². The number of rotatable bonds is 6. The molecule has 0 saturated carbocycles. The van der Waals surface area contributed by atoms with E-state index < -0.39 is 0 Å². The molecule has 1 rings (SSSR count). The lowest BCUT2D eigenvalue weighted by atomic mass is 10.0. The van der Waals surface area contributed by atoms with E-state index in [1.165, 1.54) is 7.11 Å². The number of amides is 1. The van der Waals surface area contributed by atoms with Crippen molar-refractivity contribution in [2.45, 2.75) is 26.3 Å². The molecular formula is C14H22N2O3.